The predicted octanol–water partition coefficient (Wildman–Crippen LogP) is 4.01. The molecule has 0 aromatic carbocycles. The molecular formula is C17H22N2OS2. The second kappa shape index (κ2) is 7.40. The highest BCUT2D eigenvalue weighted by Crippen LogP contribution is 2.29. The lowest BCUT2D eigenvalue weighted by molar-refractivity contribution is 0.0919. The quantitative estimate of drug-likeness (QED) is 0.896. The number of hydrogen-bond acceptors (Lipinski definition) is 4. The Morgan fingerprint density at radius 3 is 2.64 bits per heavy atom. The van der Waals surface area contributed by atoms with E-state index >= 15 is 0 Å². The molecule has 3 rings (SSSR count). The molecule has 3 heterocycles. The molecule has 0 aliphatic carbocycles. The molecule has 1 atom stereocenters. The second-order valence-corrected chi connectivity index (χ2v) is 7.86. The number of nitrogens with zero attached hydrogens (tertiary/aromatic N) is 1. The molecule has 1 amide bonds. The van der Waals surface area contributed by atoms with Crippen molar-refractivity contribution in [2.24, 2.45) is 5.92 Å². The fourth-order valence-corrected chi connectivity index (χ4v) is 4.42. The molecule has 1 aliphatic heterocycles. The Morgan fingerprint density at radius 1 is 1.27 bits per heavy atom. The van der Waals surface area contributed by atoms with Gasteiger partial charge in [-0.05, 0) is 54.7 Å². The van der Waals surface area contributed by atoms with Crippen molar-refractivity contribution in [1.82, 2.24) is 10.2 Å². The smallest absolute Gasteiger partial charge is 0.261 e. The Labute approximate surface area is 140 Å². The molecule has 1 fully saturated rings. The number of rotatable bonds is 5. The Morgan fingerprint density at radius 2 is 2.00 bits per heavy atom. The fraction of sp³-hybridized carbons (Fsp3) is 0.471. The van der Waals surface area contributed by atoms with Gasteiger partial charge in [0, 0.05) is 11.4 Å². The van der Waals surface area contributed by atoms with Crippen LogP contribution in [0.15, 0.2) is 35.0 Å². The first-order chi connectivity index (χ1) is 10.7. The minimum Gasteiger partial charge on any atom is -0.349 e. The van der Waals surface area contributed by atoms with E-state index in [1.54, 1.807) is 11.3 Å². The standard InChI is InChI=1S/C17H22N2OS2/c1-13-6-8-19(9-7-13)14(15-4-2-10-21-15)12-18-17(20)16-5-3-11-22-16/h2-5,10-11,13-14H,6-9,12H2,1H3,(H,18,20)/t14-/m1/s1. The molecule has 0 spiro atoms. The molecule has 2 aromatic rings. The van der Waals surface area contributed by atoms with Gasteiger partial charge < -0.3 is 5.32 Å². The van der Waals surface area contributed by atoms with Crippen molar-refractivity contribution in [2.45, 2.75) is 25.8 Å². The van der Waals surface area contributed by atoms with Crippen LogP contribution in [0.25, 0.3) is 0 Å². The fourth-order valence-electron chi connectivity index (χ4n) is 2.91. The van der Waals surface area contributed by atoms with Crippen molar-refractivity contribution in [3.8, 4) is 0 Å². The van der Waals surface area contributed by atoms with Gasteiger partial charge in [-0.2, -0.15) is 0 Å². The van der Waals surface area contributed by atoms with Crippen LogP contribution in [0.5, 0.6) is 0 Å². The minimum absolute atomic E-state index is 0.0435. The molecule has 0 bridgehead atoms. The van der Waals surface area contributed by atoms with E-state index in [1.165, 1.54) is 29.1 Å². The SMILES string of the molecule is CC1CCN([C@H](CNC(=O)c2cccs2)c2cccs2)CC1. The van der Waals surface area contributed by atoms with Gasteiger partial charge in [0.05, 0.1) is 10.9 Å². The summed E-state index contributed by atoms with van der Waals surface area (Å²) in [5.41, 5.74) is 0. The number of likely N-dealkylation sites (tertiary alicyclic amines) is 1. The van der Waals surface area contributed by atoms with Crippen molar-refractivity contribution >= 4 is 28.6 Å². The number of thiophene rings is 2. The highest BCUT2D eigenvalue weighted by molar-refractivity contribution is 7.12. The van der Waals surface area contributed by atoms with Crippen LogP contribution in [0.1, 0.15) is 40.4 Å². The van der Waals surface area contributed by atoms with Gasteiger partial charge in [0.15, 0.2) is 0 Å². The van der Waals surface area contributed by atoms with E-state index in [9.17, 15) is 4.79 Å². The van der Waals surface area contributed by atoms with Crippen molar-refractivity contribution < 1.29 is 4.79 Å². The number of piperidine rings is 1. The molecule has 22 heavy (non-hydrogen) atoms. The monoisotopic (exact) mass is 334 g/mol. The lowest BCUT2D eigenvalue weighted by Gasteiger charge is -2.36. The molecule has 1 N–H and O–H groups in total. The van der Waals surface area contributed by atoms with Crippen LogP contribution in [0.2, 0.25) is 0 Å². The van der Waals surface area contributed by atoms with Crippen molar-refractivity contribution in [2.75, 3.05) is 19.6 Å². The first kappa shape index (κ1) is 15.7. The summed E-state index contributed by atoms with van der Waals surface area (Å²) in [6, 6.07) is 8.38. The Balaban J connectivity index is 1.65. The molecule has 3 nitrogen and oxygen atoms in total. The lowest BCUT2D eigenvalue weighted by Crippen LogP contribution is -2.41. The first-order valence-electron chi connectivity index (χ1n) is 7.83. The molecule has 2 aromatic heterocycles. The number of hydrogen-bond donors (Lipinski definition) is 1. The number of nitrogens with one attached hydrogen (secondary N) is 1. The molecule has 0 unspecified atom stereocenters. The summed E-state index contributed by atoms with van der Waals surface area (Å²) in [5, 5.41) is 7.18. The molecule has 0 saturated carbocycles. The zero-order valence-corrected chi connectivity index (χ0v) is 14.5. The van der Waals surface area contributed by atoms with E-state index in [2.05, 4.69) is 34.7 Å². The number of carbonyl (C=O) groups excluding carboxylic acids is 1. The van der Waals surface area contributed by atoms with Gasteiger partial charge in [-0.25, -0.2) is 0 Å². The van der Waals surface area contributed by atoms with Gasteiger partial charge in [-0.15, -0.1) is 22.7 Å². The number of carbonyl (C=O) groups is 1. The molecule has 0 radical (unpaired) electrons. The summed E-state index contributed by atoms with van der Waals surface area (Å²) < 4.78 is 0. The van der Waals surface area contributed by atoms with Gasteiger partial charge in [-0.1, -0.05) is 19.1 Å². The normalized spacial score (nSPS) is 18.2. The largest absolute Gasteiger partial charge is 0.349 e. The van der Waals surface area contributed by atoms with Crippen molar-refractivity contribution in [3.05, 3.63) is 44.8 Å². The molecule has 118 valence electrons. The topological polar surface area (TPSA) is 32.3 Å². The van der Waals surface area contributed by atoms with Crippen LogP contribution in [0, 0.1) is 5.92 Å². The first-order valence-corrected chi connectivity index (χ1v) is 9.59. The van der Waals surface area contributed by atoms with Crippen LogP contribution < -0.4 is 5.32 Å². The van der Waals surface area contributed by atoms with E-state index in [0.717, 1.165) is 23.9 Å². The third kappa shape index (κ3) is 3.77. The average Bonchev–Trinajstić information content (AvgIpc) is 3.22. The third-order valence-electron chi connectivity index (χ3n) is 4.33. The summed E-state index contributed by atoms with van der Waals surface area (Å²) in [4.78, 5) is 16.9. The summed E-state index contributed by atoms with van der Waals surface area (Å²) in [5.74, 6) is 0.864. The highest BCUT2D eigenvalue weighted by Gasteiger charge is 2.25. The second-order valence-electron chi connectivity index (χ2n) is 5.94. The minimum atomic E-state index is 0.0435. The maximum absolute atomic E-state index is 12.2. The number of amides is 1. The molecule has 1 aliphatic rings. The van der Waals surface area contributed by atoms with Crippen LogP contribution in [0.3, 0.4) is 0 Å². The van der Waals surface area contributed by atoms with Crippen molar-refractivity contribution in [3.63, 3.8) is 0 Å². The van der Waals surface area contributed by atoms with E-state index in [1.807, 2.05) is 17.5 Å². The summed E-state index contributed by atoms with van der Waals surface area (Å²) >= 11 is 3.28. The van der Waals surface area contributed by atoms with Gasteiger partial charge in [-0.3, -0.25) is 9.69 Å². The summed E-state index contributed by atoms with van der Waals surface area (Å²) in [6.45, 7) is 5.26. The van der Waals surface area contributed by atoms with Crippen LogP contribution >= 0.6 is 22.7 Å². The zero-order chi connectivity index (χ0) is 15.4. The Kier molecular flexibility index (Phi) is 5.28. The van der Waals surface area contributed by atoms with Crippen LogP contribution in [-0.4, -0.2) is 30.4 Å². The third-order valence-corrected chi connectivity index (χ3v) is 6.17. The van der Waals surface area contributed by atoms with E-state index in [0.29, 0.717) is 12.6 Å². The molecule has 5 heteroatoms. The van der Waals surface area contributed by atoms with Crippen LogP contribution in [0.4, 0.5) is 0 Å². The maximum Gasteiger partial charge on any atom is 0.261 e. The Hall–Kier alpha value is -1.17. The van der Waals surface area contributed by atoms with Crippen molar-refractivity contribution in [1.29, 1.82) is 0 Å². The molecule has 1 saturated heterocycles. The maximum atomic E-state index is 12.2. The predicted molar refractivity (Wildman–Crippen MR) is 93.7 cm³/mol. The van der Waals surface area contributed by atoms with Gasteiger partial charge >= 0.3 is 0 Å². The van der Waals surface area contributed by atoms with E-state index in [4.69, 9.17) is 0 Å². The van der Waals surface area contributed by atoms with Gasteiger partial charge in [0.1, 0.15) is 0 Å². The van der Waals surface area contributed by atoms with E-state index < -0.39 is 0 Å². The summed E-state index contributed by atoms with van der Waals surface area (Å²) in [6.07, 6.45) is 2.50. The van der Waals surface area contributed by atoms with Gasteiger partial charge in [0.25, 0.3) is 5.91 Å². The van der Waals surface area contributed by atoms with E-state index in [-0.39, 0.29) is 5.91 Å². The summed E-state index contributed by atoms with van der Waals surface area (Å²) in [7, 11) is 0. The van der Waals surface area contributed by atoms with Gasteiger partial charge in [0.2, 0.25) is 0 Å². The molecular weight excluding hydrogens is 312 g/mol. The van der Waals surface area contributed by atoms with Crippen LogP contribution in [-0.2, 0) is 0 Å². The zero-order valence-electron chi connectivity index (χ0n) is 12.8. The average molecular weight is 335 g/mol. The highest BCUT2D eigenvalue weighted by atomic mass is 32.1. The lowest BCUT2D eigenvalue weighted by atomic mass is 9.97. The Bertz CT molecular complexity index is 572.